The molecule has 6 heteroatoms. The van der Waals surface area contributed by atoms with Gasteiger partial charge in [0.2, 0.25) is 0 Å². The fourth-order valence-electron chi connectivity index (χ4n) is 4.89. The molecule has 4 rings (SSSR count). The Hall–Kier alpha value is -3.54. The van der Waals surface area contributed by atoms with Crippen LogP contribution < -0.4 is 15.0 Å². The molecule has 35 heavy (non-hydrogen) atoms. The van der Waals surface area contributed by atoms with E-state index in [-0.39, 0.29) is 24.4 Å². The molecule has 0 unspecified atom stereocenters. The van der Waals surface area contributed by atoms with Crippen LogP contribution in [0.4, 0.5) is 5.69 Å². The lowest BCUT2D eigenvalue weighted by molar-refractivity contribution is -0.140. The van der Waals surface area contributed by atoms with Crippen molar-refractivity contribution in [1.29, 1.82) is 0 Å². The number of ketones is 1. The van der Waals surface area contributed by atoms with E-state index in [4.69, 9.17) is 9.47 Å². The molecule has 0 saturated carbocycles. The highest BCUT2D eigenvalue weighted by Gasteiger charge is 2.43. The molecule has 1 atom stereocenters. The second-order valence-electron chi connectivity index (χ2n) is 10.2. The number of para-hydroxylation sites is 1. The van der Waals surface area contributed by atoms with E-state index < -0.39 is 11.9 Å². The van der Waals surface area contributed by atoms with Gasteiger partial charge in [0.25, 0.3) is 0 Å². The van der Waals surface area contributed by atoms with Gasteiger partial charge < -0.3 is 19.7 Å². The van der Waals surface area contributed by atoms with E-state index in [2.05, 4.69) is 19.2 Å². The van der Waals surface area contributed by atoms with Gasteiger partial charge in [-0.25, -0.2) is 4.79 Å². The maximum atomic E-state index is 13.4. The summed E-state index contributed by atoms with van der Waals surface area (Å²) in [6.45, 7) is 6.45. The quantitative estimate of drug-likeness (QED) is 0.451. The number of ether oxygens (including phenoxy) is 2. The third-order valence-electron chi connectivity index (χ3n) is 6.53. The third-order valence-corrected chi connectivity index (χ3v) is 6.53. The van der Waals surface area contributed by atoms with Crippen molar-refractivity contribution in [3.8, 4) is 5.75 Å². The zero-order chi connectivity index (χ0) is 25.2. The molecule has 2 aromatic carbocycles. The van der Waals surface area contributed by atoms with Crippen molar-refractivity contribution >= 4 is 17.4 Å². The Labute approximate surface area is 207 Å². The van der Waals surface area contributed by atoms with Crippen molar-refractivity contribution in [1.82, 2.24) is 5.32 Å². The van der Waals surface area contributed by atoms with Crippen molar-refractivity contribution in [3.63, 3.8) is 0 Å². The van der Waals surface area contributed by atoms with Gasteiger partial charge >= 0.3 is 5.97 Å². The number of rotatable bonds is 7. The second kappa shape index (κ2) is 9.98. The molecule has 0 radical (unpaired) electrons. The van der Waals surface area contributed by atoms with E-state index in [1.807, 2.05) is 80.5 Å². The molecule has 0 aromatic heterocycles. The number of benzene rings is 2. The predicted molar refractivity (Wildman–Crippen MR) is 137 cm³/mol. The van der Waals surface area contributed by atoms with Crippen LogP contribution in [-0.4, -0.2) is 39.1 Å². The molecule has 0 fully saturated rings. The number of Topliss-reactive ketones (excluding diaryl/α,β-unsaturated/α-hetero) is 1. The number of allylic oxidation sites excluding steroid dienone is 3. The monoisotopic (exact) mass is 474 g/mol. The molecular weight excluding hydrogens is 440 g/mol. The minimum absolute atomic E-state index is 0.0793. The van der Waals surface area contributed by atoms with Crippen LogP contribution in [0.5, 0.6) is 5.75 Å². The molecule has 0 spiro atoms. The van der Waals surface area contributed by atoms with Crippen LogP contribution in [0, 0.1) is 5.41 Å². The molecule has 1 N–H and O–H groups in total. The summed E-state index contributed by atoms with van der Waals surface area (Å²) >= 11 is 0. The lowest BCUT2D eigenvalue weighted by Crippen LogP contribution is -2.38. The Morgan fingerprint density at radius 2 is 1.71 bits per heavy atom. The largest absolute Gasteiger partial charge is 0.490 e. The molecule has 2 aliphatic rings. The maximum Gasteiger partial charge on any atom is 0.336 e. The number of hydrogen-bond acceptors (Lipinski definition) is 6. The topological polar surface area (TPSA) is 67.9 Å². The van der Waals surface area contributed by atoms with Gasteiger partial charge in [0.1, 0.15) is 19.0 Å². The van der Waals surface area contributed by atoms with Gasteiger partial charge in [-0.3, -0.25) is 4.79 Å². The lowest BCUT2D eigenvalue weighted by Gasteiger charge is -2.39. The molecule has 6 nitrogen and oxygen atoms in total. The van der Waals surface area contributed by atoms with Crippen molar-refractivity contribution < 1.29 is 19.1 Å². The highest BCUT2D eigenvalue weighted by Crippen LogP contribution is 2.46. The number of esters is 1. The van der Waals surface area contributed by atoms with E-state index in [9.17, 15) is 9.59 Å². The number of carbonyl (C=O) groups is 2. The van der Waals surface area contributed by atoms with Gasteiger partial charge in [-0.2, -0.15) is 0 Å². The zero-order valence-corrected chi connectivity index (χ0v) is 21.2. The number of anilines is 1. The maximum absolute atomic E-state index is 13.4. The third kappa shape index (κ3) is 5.42. The summed E-state index contributed by atoms with van der Waals surface area (Å²) in [6.07, 6.45) is 1.21. The fourth-order valence-corrected chi connectivity index (χ4v) is 4.89. The van der Waals surface area contributed by atoms with Gasteiger partial charge in [0.15, 0.2) is 5.78 Å². The summed E-state index contributed by atoms with van der Waals surface area (Å²) in [7, 11) is 3.97. The predicted octanol–water partition coefficient (Wildman–Crippen LogP) is 4.98. The standard InChI is InChI=1S/C29H34N2O4/c1-19-25(28(33)35-16-15-34-22-9-7-6-8-10-22)26(20-11-13-21(14-12-20)31(4)5)27-23(30-19)17-29(2,3)18-24(27)32/h6-14,26,30H,15-18H2,1-5H3/t26-/m0/s1. The summed E-state index contributed by atoms with van der Waals surface area (Å²) in [4.78, 5) is 28.8. The molecule has 184 valence electrons. The molecule has 2 aromatic rings. The Morgan fingerprint density at radius 3 is 2.37 bits per heavy atom. The van der Waals surface area contributed by atoms with Gasteiger partial charge in [-0.05, 0) is 48.6 Å². The van der Waals surface area contributed by atoms with Gasteiger partial charge in [0, 0.05) is 49.1 Å². The van der Waals surface area contributed by atoms with E-state index in [1.165, 1.54) is 0 Å². The first-order valence-electron chi connectivity index (χ1n) is 12.0. The highest BCUT2D eigenvalue weighted by atomic mass is 16.6. The van der Waals surface area contributed by atoms with Crippen LogP contribution >= 0.6 is 0 Å². The zero-order valence-electron chi connectivity index (χ0n) is 21.2. The molecule has 1 aliphatic heterocycles. The van der Waals surface area contributed by atoms with Gasteiger partial charge in [-0.1, -0.05) is 44.2 Å². The van der Waals surface area contributed by atoms with Crippen LogP contribution in [-0.2, 0) is 14.3 Å². The number of dihydropyridines is 1. The van der Waals surface area contributed by atoms with E-state index >= 15 is 0 Å². The first-order chi connectivity index (χ1) is 16.7. The van der Waals surface area contributed by atoms with E-state index in [0.29, 0.717) is 17.6 Å². The summed E-state index contributed by atoms with van der Waals surface area (Å²) in [6, 6.07) is 17.5. The Bertz CT molecular complexity index is 1160. The minimum Gasteiger partial charge on any atom is -0.490 e. The Kier molecular flexibility index (Phi) is 7.01. The highest BCUT2D eigenvalue weighted by molar-refractivity contribution is 6.04. The van der Waals surface area contributed by atoms with Crippen molar-refractivity contribution in [2.24, 2.45) is 5.41 Å². The fraction of sp³-hybridized carbons (Fsp3) is 0.379. The SMILES string of the molecule is CC1=C(C(=O)OCCOc2ccccc2)[C@H](c2ccc(N(C)C)cc2)C2=C(CC(C)(C)CC2=O)N1. The average Bonchev–Trinajstić information content (AvgIpc) is 2.80. The number of carbonyl (C=O) groups excluding carboxylic acids is 2. The summed E-state index contributed by atoms with van der Waals surface area (Å²) in [5, 5.41) is 3.38. The average molecular weight is 475 g/mol. The molecule has 0 saturated heterocycles. The van der Waals surface area contributed by atoms with Crippen molar-refractivity contribution in [2.45, 2.75) is 39.5 Å². The Morgan fingerprint density at radius 1 is 1.03 bits per heavy atom. The number of nitrogens with one attached hydrogen (secondary N) is 1. The van der Waals surface area contributed by atoms with E-state index in [0.717, 1.165) is 34.8 Å². The number of nitrogens with zero attached hydrogens (tertiary/aromatic N) is 1. The molecule has 0 bridgehead atoms. The first kappa shape index (κ1) is 24.6. The van der Waals surface area contributed by atoms with Crippen LogP contribution in [0.25, 0.3) is 0 Å². The molecule has 1 heterocycles. The van der Waals surface area contributed by atoms with Crippen molar-refractivity contribution in [2.75, 3.05) is 32.2 Å². The molecule has 1 aliphatic carbocycles. The van der Waals surface area contributed by atoms with Crippen LogP contribution in [0.2, 0.25) is 0 Å². The van der Waals surface area contributed by atoms with Gasteiger partial charge in [0.05, 0.1) is 5.57 Å². The lowest BCUT2D eigenvalue weighted by atomic mass is 9.68. The van der Waals surface area contributed by atoms with Crippen LogP contribution in [0.3, 0.4) is 0 Å². The minimum atomic E-state index is -0.464. The van der Waals surface area contributed by atoms with Crippen molar-refractivity contribution in [3.05, 3.63) is 82.7 Å². The second-order valence-corrected chi connectivity index (χ2v) is 10.2. The number of hydrogen-bond donors (Lipinski definition) is 1. The normalized spacial score (nSPS) is 19.1. The Balaban J connectivity index is 1.61. The first-order valence-corrected chi connectivity index (χ1v) is 12.0. The molecular formula is C29H34N2O4. The summed E-state index contributed by atoms with van der Waals surface area (Å²) < 4.78 is 11.3. The summed E-state index contributed by atoms with van der Waals surface area (Å²) in [5.74, 6) is -0.0934. The summed E-state index contributed by atoms with van der Waals surface area (Å²) in [5.41, 5.74) is 4.63. The molecule has 0 amide bonds. The van der Waals surface area contributed by atoms with Crippen LogP contribution in [0.1, 0.15) is 45.1 Å². The van der Waals surface area contributed by atoms with Gasteiger partial charge in [-0.15, -0.1) is 0 Å². The van der Waals surface area contributed by atoms with E-state index in [1.54, 1.807) is 0 Å². The smallest absolute Gasteiger partial charge is 0.336 e. The van der Waals surface area contributed by atoms with Crippen LogP contribution in [0.15, 0.2) is 77.1 Å².